The van der Waals surface area contributed by atoms with Gasteiger partial charge in [0, 0.05) is 11.9 Å². The molecule has 0 aliphatic carbocycles. The van der Waals surface area contributed by atoms with Crippen LogP contribution >= 0.6 is 0 Å². The van der Waals surface area contributed by atoms with Gasteiger partial charge in [-0.05, 0) is 19.1 Å². The number of ketones is 1. The first-order valence-corrected chi connectivity index (χ1v) is 4.07. The van der Waals surface area contributed by atoms with Crippen LogP contribution < -0.4 is 5.32 Å². The molecule has 70 valence electrons. The summed E-state index contributed by atoms with van der Waals surface area (Å²) in [5.41, 5.74) is 0.928. The summed E-state index contributed by atoms with van der Waals surface area (Å²) < 4.78 is 0. The average Bonchev–Trinajstić information content (AvgIpc) is 2.51. The van der Waals surface area contributed by atoms with Gasteiger partial charge in [0.15, 0.2) is 0 Å². The molecule has 0 saturated heterocycles. The lowest BCUT2D eigenvalue weighted by molar-refractivity contribution is -0.127. The molecule has 0 aromatic carbocycles. The van der Waals surface area contributed by atoms with Crippen LogP contribution in [0.5, 0.6) is 0 Å². The van der Waals surface area contributed by atoms with Crippen molar-refractivity contribution >= 4 is 11.7 Å². The van der Waals surface area contributed by atoms with Gasteiger partial charge in [-0.1, -0.05) is 0 Å². The maximum atomic E-state index is 11.0. The van der Waals surface area contributed by atoms with E-state index in [1.807, 2.05) is 12.1 Å². The molecule has 0 atom stereocenters. The van der Waals surface area contributed by atoms with Gasteiger partial charge in [0.1, 0.15) is 5.78 Å². The second-order valence-corrected chi connectivity index (χ2v) is 2.85. The summed E-state index contributed by atoms with van der Waals surface area (Å²) >= 11 is 0. The number of hydrogen-bond donors (Lipinski definition) is 2. The van der Waals surface area contributed by atoms with Crippen LogP contribution in [0.3, 0.4) is 0 Å². The van der Waals surface area contributed by atoms with Gasteiger partial charge < -0.3 is 10.3 Å². The molecule has 1 rings (SSSR count). The molecule has 2 N–H and O–H groups in total. The molecule has 1 aromatic heterocycles. The predicted molar refractivity (Wildman–Crippen MR) is 47.9 cm³/mol. The van der Waals surface area contributed by atoms with Gasteiger partial charge in [0.25, 0.3) is 0 Å². The zero-order valence-corrected chi connectivity index (χ0v) is 7.46. The number of carbonyl (C=O) groups is 2. The average molecular weight is 180 g/mol. The lowest BCUT2D eigenvalue weighted by Crippen LogP contribution is -2.24. The fraction of sp³-hybridized carbons (Fsp3) is 0.333. The molecule has 1 aromatic rings. The second-order valence-electron chi connectivity index (χ2n) is 2.85. The fourth-order valence-corrected chi connectivity index (χ4v) is 0.960. The molecule has 1 amide bonds. The SMILES string of the molecule is CC(=O)CC(=O)NCc1ccc[nH]1. The Hall–Kier alpha value is -1.58. The highest BCUT2D eigenvalue weighted by molar-refractivity contribution is 5.96. The van der Waals surface area contributed by atoms with Crippen LogP contribution in [0.1, 0.15) is 19.0 Å². The van der Waals surface area contributed by atoms with E-state index < -0.39 is 0 Å². The number of rotatable bonds is 4. The topological polar surface area (TPSA) is 62.0 Å². The normalized spacial score (nSPS) is 9.62. The smallest absolute Gasteiger partial charge is 0.227 e. The van der Waals surface area contributed by atoms with Crippen molar-refractivity contribution in [1.82, 2.24) is 10.3 Å². The molecule has 0 unspecified atom stereocenters. The number of nitrogens with one attached hydrogen (secondary N) is 2. The molecular weight excluding hydrogens is 168 g/mol. The number of amides is 1. The fourth-order valence-electron chi connectivity index (χ4n) is 0.960. The summed E-state index contributed by atoms with van der Waals surface area (Å²) in [5.74, 6) is -0.355. The highest BCUT2D eigenvalue weighted by Gasteiger charge is 2.03. The first kappa shape index (κ1) is 9.51. The molecule has 0 aliphatic heterocycles. The van der Waals surface area contributed by atoms with Crippen molar-refractivity contribution in [1.29, 1.82) is 0 Å². The molecule has 1 heterocycles. The molecule has 13 heavy (non-hydrogen) atoms. The molecule has 0 bridgehead atoms. The Morgan fingerprint density at radius 1 is 1.54 bits per heavy atom. The third-order valence-corrected chi connectivity index (χ3v) is 1.55. The van der Waals surface area contributed by atoms with Crippen molar-refractivity contribution in [3.8, 4) is 0 Å². The highest BCUT2D eigenvalue weighted by atomic mass is 16.2. The van der Waals surface area contributed by atoms with E-state index in [4.69, 9.17) is 0 Å². The van der Waals surface area contributed by atoms with Gasteiger partial charge in [-0.2, -0.15) is 0 Å². The van der Waals surface area contributed by atoms with E-state index in [1.54, 1.807) is 6.20 Å². The molecule has 0 aliphatic rings. The van der Waals surface area contributed by atoms with Crippen molar-refractivity contribution in [2.45, 2.75) is 19.9 Å². The summed E-state index contributed by atoms with van der Waals surface area (Å²) in [5, 5.41) is 2.63. The highest BCUT2D eigenvalue weighted by Crippen LogP contribution is 1.93. The lowest BCUT2D eigenvalue weighted by Gasteiger charge is -2.00. The van der Waals surface area contributed by atoms with Crippen LogP contribution in [-0.4, -0.2) is 16.7 Å². The van der Waals surface area contributed by atoms with Crippen molar-refractivity contribution in [2.75, 3.05) is 0 Å². The first-order valence-electron chi connectivity index (χ1n) is 4.07. The number of aromatic nitrogens is 1. The van der Waals surface area contributed by atoms with Crippen molar-refractivity contribution in [2.24, 2.45) is 0 Å². The van der Waals surface area contributed by atoms with E-state index in [0.717, 1.165) is 5.69 Å². The van der Waals surface area contributed by atoms with Crippen LogP contribution in [0, 0.1) is 0 Å². The minimum absolute atomic E-state index is 0.0410. The van der Waals surface area contributed by atoms with Gasteiger partial charge in [0.2, 0.25) is 5.91 Å². The number of hydrogen-bond acceptors (Lipinski definition) is 2. The Balaban J connectivity index is 2.27. The van der Waals surface area contributed by atoms with Crippen molar-refractivity contribution in [3.63, 3.8) is 0 Å². The molecule has 0 saturated carbocycles. The molecule has 0 spiro atoms. The first-order chi connectivity index (χ1) is 6.18. The summed E-state index contributed by atoms with van der Waals surface area (Å²) in [7, 11) is 0. The summed E-state index contributed by atoms with van der Waals surface area (Å²) in [6.45, 7) is 1.84. The van der Waals surface area contributed by atoms with E-state index in [2.05, 4.69) is 10.3 Å². The number of carbonyl (C=O) groups excluding carboxylic acids is 2. The van der Waals surface area contributed by atoms with Crippen LogP contribution in [-0.2, 0) is 16.1 Å². The summed E-state index contributed by atoms with van der Waals surface area (Å²) in [4.78, 5) is 24.5. The van der Waals surface area contributed by atoms with Gasteiger partial charge in [-0.25, -0.2) is 0 Å². The molecule has 4 heteroatoms. The Labute approximate surface area is 76.3 Å². The predicted octanol–water partition coefficient (Wildman–Crippen LogP) is 0.610. The number of aromatic amines is 1. The Kier molecular flexibility index (Phi) is 3.25. The minimum atomic E-state index is -0.234. The summed E-state index contributed by atoms with van der Waals surface area (Å²) in [6.07, 6.45) is 1.74. The number of Topliss-reactive ketones (excluding diaryl/α,β-unsaturated/α-hetero) is 1. The van der Waals surface area contributed by atoms with E-state index >= 15 is 0 Å². The third-order valence-electron chi connectivity index (χ3n) is 1.55. The number of H-pyrrole nitrogens is 1. The largest absolute Gasteiger partial charge is 0.364 e. The maximum absolute atomic E-state index is 11.0. The van der Waals surface area contributed by atoms with Crippen LogP contribution in [0.4, 0.5) is 0 Å². The van der Waals surface area contributed by atoms with Crippen LogP contribution in [0.25, 0.3) is 0 Å². The maximum Gasteiger partial charge on any atom is 0.227 e. The lowest BCUT2D eigenvalue weighted by atomic mass is 10.3. The Bertz CT molecular complexity index is 291. The quantitative estimate of drug-likeness (QED) is 0.667. The minimum Gasteiger partial charge on any atom is -0.364 e. The summed E-state index contributed by atoms with van der Waals surface area (Å²) in [6, 6.07) is 3.72. The van der Waals surface area contributed by atoms with E-state index in [1.165, 1.54) is 6.92 Å². The standard InChI is InChI=1S/C9H12N2O2/c1-7(12)5-9(13)11-6-8-3-2-4-10-8/h2-4,10H,5-6H2,1H3,(H,11,13). The van der Waals surface area contributed by atoms with Gasteiger partial charge >= 0.3 is 0 Å². The third kappa shape index (κ3) is 3.55. The van der Waals surface area contributed by atoms with E-state index in [-0.39, 0.29) is 18.1 Å². The zero-order valence-electron chi connectivity index (χ0n) is 7.46. The Morgan fingerprint density at radius 2 is 2.31 bits per heavy atom. The van der Waals surface area contributed by atoms with E-state index in [0.29, 0.717) is 6.54 Å². The van der Waals surface area contributed by atoms with E-state index in [9.17, 15) is 9.59 Å². The van der Waals surface area contributed by atoms with Crippen LogP contribution in [0.15, 0.2) is 18.3 Å². The van der Waals surface area contributed by atoms with Crippen molar-refractivity contribution in [3.05, 3.63) is 24.0 Å². The van der Waals surface area contributed by atoms with Gasteiger partial charge in [0.05, 0.1) is 13.0 Å². The Morgan fingerprint density at radius 3 is 2.85 bits per heavy atom. The van der Waals surface area contributed by atoms with Crippen LogP contribution in [0.2, 0.25) is 0 Å². The zero-order chi connectivity index (χ0) is 9.68. The second kappa shape index (κ2) is 4.45. The van der Waals surface area contributed by atoms with Gasteiger partial charge in [-0.3, -0.25) is 9.59 Å². The monoisotopic (exact) mass is 180 g/mol. The molecular formula is C9H12N2O2. The molecule has 0 radical (unpaired) electrons. The molecule has 4 nitrogen and oxygen atoms in total. The van der Waals surface area contributed by atoms with Crippen molar-refractivity contribution < 1.29 is 9.59 Å². The molecule has 0 fully saturated rings. The van der Waals surface area contributed by atoms with Gasteiger partial charge in [-0.15, -0.1) is 0 Å².